The molecular weight excluding hydrogens is 326 g/mol. The largest absolute Gasteiger partial charge is 0.366 e. The van der Waals surface area contributed by atoms with Gasteiger partial charge < -0.3 is 10.6 Å². The summed E-state index contributed by atoms with van der Waals surface area (Å²) < 4.78 is 26.7. The molecule has 0 aliphatic carbocycles. The lowest BCUT2D eigenvalue weighted by atomic mass is 10.2. The number of hydrogen-bond acceptors (Lipinski definition) is 5. The normalized spacial score (nSPS) is 10.6. The topological polar surface area (TPSA) is 78.5 Å². The van der Waals surface area contributed by atoms with E-state index in [1.165, 1.54) is 0 Å². The Morgan fingerprint density at radius 1 is 1.26 bits per heavy atom. The van der Waals surface area contributed by atoms with Gasteiger partial charge in [0.1, 0.15) is 17.5 Å². The Hall–Kier alpha value is -2.74. The zero-order valence-electron chi connectivity index (χ0n) is 11.6. The highest BCUT2D eigenvalue weighted by Gasteiger charge is 2.10. The fraction of sp³-hybridized carbons (Fsp3) is 0.0714. The van der Waals surface area contributed by atoms with Gasteiger partial charge in [-0.3, -0.25) is 5.10 Å². The average Bonchev–Trinajstić information content (AvgIpc) is 2.99. The Kier molecular flexibility index (Phi) is 4.33. The molecule has 0 saturated carbocycles. The molecule has 1 aromatic carbocycles. The Bertz CT molecular complexity index is 786. The molecule has 3 rings (SSSR count). The molecule has 0 spiro atoms. The number of H-pyrrole nitrogens is 1. The summed E-state index contributed by atoms with van der Waals surface area (Å²) in [5.74, 6) is -0.619. The van der Waals surface area contributed by atoms with Crippen LogP contribution in [0, 0.1) is 11.6 Å². The second kappa shape index (κ2) is 6.57. The Balaban J connectivity index is 1.71. The summed E-state index contributed by atoms with van der Waals surface area (Å²) >= 11 is 5.85. The van der Waals surface area contributed by atoms with Gasteiger partial charge >= 0.3 is 0 Å². The van der Waals surface area contributed by atoms with Gasteiger partial charge in [0.25, 0.3) is 0 Å². The van der Waals surface area contributed by atoms with Crippen LogP contribution in [0.15, 0.2) is 36.8 Å². The Labute approximate surface area is 134 Å². The van der Waals surface area contributed by atoms with Gasteiger partial charge in [0.2, 0.25) is 5.95 Å². The van der Waals surface area contributed by atoms with Crippen LogP contribution in [0.2, 0.25) is 5.02 Å². The first-order valence-electron chi connectivity index (χ1n) is 6.58. The van der Waals surface area contributed by atoms with E-state index in [-0.39, 0.29) is 17.1 Å². The molecule has 6 nitrogen and oxygen atoms in total. The van der Waals surface area contributed by atoms with E-state index in [0.717, 1.165) is 12.1 Å². The summed E-state index contributed by atoms with van der Waals surface area (Å²) in [7, 11) is 0. The Morgan fingerprint density at radius 2 is 2.13 bits per heavy atom. The van der Waals surface area contributed by atoms with Crippen molar-refractivity contribution in [3.05, 3.63) is 59.0 Å². The second-order valence-corrected chi connectivity index (χ2v) is 4.99. The van der Waals surface area contributed by atoms with Gasteiger partial charge in [-0.15, -0.1) is 0 Å². The van der Waals surface area contributed by atoms with Crippen LogP contribution in [0.1, 0.15) is 5.56 Å². The predicted molar refractivity (Wildman–Crippen MR) is 82.6 cm³/mol. The molecule has 0 bridgehead atoms. The molecule has 0 radical (unpaired) electrons. The van der Waals surface area contributed by atoms with Crippen molar-refractivity contribution < 1.29 is 8.78 Å². The van der Waals surface area contributed by atoms with Crippen molar-refractivity contribution in [2.24, 2.45) is 0 Å². The molecule has 0 atom stereocenters. The van der Waals surface area contributed by atoms with Gasteiger partial charge in [0.05, 0.1) is 16.9 Å². The molecular formula is C14H11ClF2N6. The number of halogens is 3. The summed E-state index contributed by atoms with van der Waals surface area (Å²) in [5, 5.41) is 12.3. The lowest BCUT2D eigenvalue weighted by Gasteiger charge is -2.09. The zero-order chi connectivity index (χ0) is 16.2. The lowest BCUT2D eigenvalue weighted by molar-refractivity contribution is 0.574. The van der Waals surface area contributed by atoms with E-state index in [1.54, 1.807) is 24.7 Å². The van der Waals surface area contributed by atoms with Crippen LogP contribution in [-0.2, 0) is 6.54 Å². The van der Waals surface area contributed by atoms with Crippen molar-refractivity contribution in [1.82, 2.24) is 20.2 Å². The maximum Gasteiger partial charge on any atom is 0.229 e. The minimum absolute atomic E-state index is 0.0146. The molecule has 0 unspecified atom stereocenters. The fourth-order valence-corrected chi connectivity index (χ4v) is 2.15. The molecule has 0 amide bonds. The third kappa shape index (κ3) is 3.72. The number of anilines is 3. The number of hydrogen-bond donors (Lipinski definition) is 3. The minimum atomic E-state index is -0.718. The molecule has 23 heavy (non-hydrogen) atoms. The summed E-state index contributed by atoms with van der Waals surface area (Å²) in [5.41, 5.74) is 0.866. The SMILES string of the molecule is Fc1cc(F)c(CNc2ccnc(Nc3cn[nH]c3)n2)c(Cl)c1. The maximum atomic E-state index is 13.7. The second-order valence-electron chi connectivity index (χ2n) is 4.58. The van der Waals surface area contributed by atoms with Gasteiger partial charge in [-0.25, -0.2) is 13.8 Å². The maximum absolute atomic E-state index is 13.7. The quantitative estimate of drug-likeness (QED) is 0.664. The van der Waals surface area contributed by atoms with Crippen molar-refractivity contribution >= 4 is 29.1 Å². The first kappa shape index (κ1) is 15.2. The highest BCUT2D eigenvalue weighted by Crippen LogP contribution is 2.22. The van der Waals surface area contributed by atoms with Crippen LogP contribution in [-0.4, -0.2) is 20.2 Å². The summed E-state index contributed by atoms with van der Waals surface area (Å²) in [6.45, 7) is 0.0626. The highest BCUT2D eigenvalue weighted by molar-refractivity contribution is 6.31. The van der Waals surface area contributed by atoms with Crippen molar-refractivity contribution in [1.29, 1.82) is 0 Å². The number of nitrogens with one attached hydrogen (secondary N) is 3. The van der Waals surface area contributed by atoms with Crippen molar-refractivity contribution in [3.63, 3.8) is 0 Å². The smallest absolute Gasteiger partial charge is 0.229 e. The summed E-state index contributed by atoms with van der Waals surface area (Å²) in [6, 6.07) is 3.47. The first-order chi connectivity index (χ1) is 11.1. The van der Waals surface area contributed by atoms with E-state index in [4.69, 9.17) is 11.6 Å². The van der Waals surface area contributed by atoms with Crippen LogP contribution in [0.3, 0.4) is 0 Å². The van der Waals surface area contributed by atoms with Gasteiger partial charge in [-0.05, 0) is 12.1 Å². The predicted octanol–water partition coefficient (Wildman–Crippen LogP) is 3.49. The molecule has 3 aromatic rings. The molecule has 0 aliphatic rings. The molecule has 2 heterocycles. The van der Waals surface area contributed by atoms with E-state index in [0.29, 0.717) is 17.5 Å². The van der Waals surface area contributed by atoms with Gasteiger partial charge in [-0.2, -0.15) is 10.1 Å². The molecule has 2 aromatic heterocycles. The molecule has 0 fully saturated rings. The van der Waals surface area contributed by atoms with Gasteiger partial charge in [0.15, 0.2) is 0 Å². The van der Waals surface area contributed by atoms with Crippen molar-refractivity contribution in [3.8, 4) is 0 Å². The monoisotopic (exact) mass is 336 g/mol. The molecule has 0 saturated heterocycles. The van der Waals surface area contributed by atoms with Gasteiger partial charge in [-0.1, -0.05) is 11.6 Å². The van der Waals surface area contributed by atoms with Crippen LogP contribution >= 0.6 is 11.6 Å². The molecule has 0 aliphatic heterocycles. The third-order valence-corrected chi connectivity index (χ3v) is 3.30. The van der Waals surface area contributed by atoms with E-state index in [9.17, 15) is 8.78 Å². The number of benzene rings is 1. The van der Waals surface area contributed by atoms with Crippen LogP contribution in [0.25, 0.3) is 0 Å². The van der Waals surface area contributed by atoms with E-state index < -0.39 is 11.6 Å². The third-order valence-electron chi connectivity index (χ3n) is 2.96. The first-order valence-corrected chi connectivity index (χ1v) is 6.96. The van der Waals surface area contributed by atoms with Crippen molar-refractivity contribution in [2.45, 2.75) is 6.54 Å². The standard InChI is InChI=1S/C14H11ClF2N6/c15-11-3-8(16)4-12(17)10(11)7-19-13-1-2-18-14(23-13)22-9-5-20-21-6-9/h1-6H,7H2,(H,20,21)(H2,18,19,22,23). The lowest BCUT2D eigenvalue weighted by Crippen LogP contribution is -2.06. The average molecular weight is 337 g/mol. The van der Waals surface area contributed by atoms with E-state index in [1.807, 2.05) is 0 Å². The molecule has 3 N–H and O–H groups in total. The van der Waals surface area contributed by atoms with E-state index in [2.05, 4.69) is 30.8 Å². The van der Waals surface area contributed by atoms with E-state index >= 15 is 0 Å². The summed E-state index contributed by atoms with van der Waals surface area (Å²) in [6.07, 6.45) is 4.77. The Morgan fingerprint density at radius 3 is 2.87 bits per heavy atom. The van der Waals surface area contributed by atoms with Crippen molar-refractivity contribution in [2.75, 3.05) is 10.6 Å². The number of aromatic nitrogens is 4. The minimum Gasteiger partial charge on any atom is -0.366 e. The van der Waals surface area contributed by atoms with Crippen LogP contribution in [0.4, 0.5) is 26.2 Å². The fourth-order valence-electron chi connectivity index (χ4n) is 1.89. The molecule has 118 valence electrons. The number of nitrogens with zero attached hydrogens (tertiary/aromatic N) is 3. The zero-order valence-corrected chi connectivity index (χ0v) is 12.4. The van der Waals surface area contributed by atoms with Gasteiger partial charge in [0, 0.05) is 30.6 Å². The van der Waals surface area contributed by atoms with Crippen LogP contribution < -0.4 is 10.6 Å². The summed E-state index contributed by atoms with van der Waals surface area (Å²) in [4.78, 5) is 8.29. The number of rotatable bonds is 5. The molecule has 9 heteroatoms. The highest BCUT2D eigenvalue weighted by atomic mass is 35.5. The number of aromatic amines is 1. The van der Waals surface area contributed by atoms with Crippen LogP contribution in [0.5, 0.6) is 0 Å².